The molecule has 0 fully saturated rings. The number of amides is 1. The van der Waals surface area contributed by atoms with Gasteiger partial charge in [-0.15, -0.1) is 0 Å². The second-order valence-corrected chi connectivity index (χ2v) is 9.95. The molecule has 0 bridgehead atoms. The van der Waals surface area contributed by atoms with Crippen molar-refractivity contribution in [3.05, 3.63) is 66.5 Å². The van der Waals surface area contributed by atoms with Crippen molar-refractivity contribution in [2.24, 2.45) is 4.99 Å². The van der Waals surface area contributed by atoms with Crippen LogP contribution in [0.15, 0.2) is 76.0 Å². The number of rotatable bonds is 7. The predicted molar refractivity (Wildman–Crippen MR) is 126 cm³/mol. The van der Waals surface area contributed by atoms with Gasteiger partial charge in [-0.25, -0.2) is 13.4 Å². The predicted octanol–water partition coefficient (Wildman–Crippen LogP) is 3.38. The lowest BCUT2D eigenvalue weighted by atomic mass is 10.2. The van der Waals surface area contributed by atoms with E-state index in [4.69, 9.17) is 0 Å². The number of sulfonamides is 1. The zero-order chi connectivity index (χ0) is 22.6. The molecule has 3 aromatic rings. The fraction of sp³-hybridized carbons (Fsp3) is 0.227. The van der Waals surface area contributed by atoms with Crippen LogP contribution in [-0.2, 0) is 14.8 Å². The zero-order valence-electron chi connectivity index (χ0n) is 17.5. The van der Waals surface area contributed by atoms with E-state index in [0.717, 1.165) is 17.7 Å². The van der Waals surface area contributed by atoms with Gasteiger partial charge in [-0.3, -0.25) is 19.1 Å². The van der Waals surface area contributed by atoms with Crippen molar-refractivity contribution in [2.75, 3.05) is 17.6 Å². The third-order valence-electron chi connectivity index (χ3n) is 4.77. The second kappa shape index (κ2) is 9.58. The number of anilines is 1. The molecule has 0 spiro atoms. The van der Waals surface area contributed by atoms with Crippen molar-refractivity contribution in [2.45, 2.75) is 29.8 Å². The topological polar surface area (TPSA) is 105 Å². The van der Waals surface area contributed by atoms with E-state index in [0.29, 0.717) is 29.6 Å². The monoisotopic (exact) mass is 469 g/mol. The molecule has 1 aromatic heterocycles. The van der Waals surface area contributed by atoms with E-state index in [1.807, 2.05) is 42.0 Å². The van der Waals surface area contributed by atoms with Crippen LogP contribution in [0.3, 0.4) is 0 Å². The van der Waals surface area contributed by atoms with Crippen LogP contribution in [0.5, 0.6) is 0 Å². The first-order valence-corrected chi connectivity index (χ1v) is 12.6. The summed E-state index contributed by atoms with van der Waals surface area (Å²) in [5.74, 6) is 0.353. The van der Waals surface area contributed by atoms with E-state index in [9.17, 15) is 13.2 Å². The molecule has 4 rings (SSSR count). The maximum atomic E-state index is 12.6. The molecular formula is C22H23N5O3S2. The number of hydrogen-bond donors (Lipinski definition) is 2. The minimum atomic E-state index is -3.74. The summed E-state index contributed by atoms with van der Waals surface area (Å²) in [4.78, 5) is 21.1. The highest BCUT2D eigenvalue weighted by Gasteiger charge is 2.19. The van der Waals surface area contributed by atoms with Crippen molar-refractivity contribution in [3.8, 4) is 5.69 Å². The quantitative estimate of drug-likeness (QED) is 0.516. The molecule has 2 heterocycles. The lowest BCUT2D eigenvalue weighted by Gasteiger charge is -2.10. The van der Waals surface area contributed by atoms with Crippen LogP contribution in [0.25, 0.3) is 5.69 Å². The first-order chi connectivity index (χ1) is 15.4. The lowest BCUT2D eigenvalue weighted by Crippen LogP contribution is -2.29. The fourth-order valence-corrected chi connectivity index (χ4v) is 5.18. The number of aliphatic imine (C=N–C) groups is 1. The van der Waals surface area contributed by atoms with Crippen molar-refractivity contribution >= 4 is 39.2 Å². The number of hydrogen-bond acceptors (Lipinski definition) is 6. The van der Waals surface area contributed by atoms with Gasteiger partial charge in [-0.2, -0.15) is 0 Å². The SMILES string of the molecule is Cc1cccc(-n2ccnc2SCC(=O)Nc2cccc(S(=O)(=O)NC3=NCCC3)c2)c1. The number of benzene rings is 2. The van der Waals surface area contributed by atoms with E-state index >= 15 is 0 Å². The third kappa shape index (κ3) is 5.38. The normalized spacial score (nSPS) is 13.6. The Morgan fingerprint density at radius 3 is 2.81 bits per heavy atom. The number of imidazole rings is 1. The number of nitrogens with one attached hydrogen (secondary N) is 2. The first kappa shape index (κ1) is 22.1. The molecule has 8 nitrogen and oxygen atoms in total. The number of aromatic nitrogens is 2. The number of carbonyl (C=O) groups is 1. The minimum absolute atomic E-state index is 0.0764. The lowest BCUT2D eigenvalue weighted by molar-refractivity contribution is -0.113. The average molecular weight is 470 g/mol. The van der Waals surface area contributed by atoms with Gasteiger partial charge in [0.25, 0.3) is 10.0 Å². The van der Waals surface area contributed by atoms with Gasteiger partial charge in [-0.05, 0) is 49.2 Å². The average Bonchev–Trinajstić information content (AvgIpc) is 3.44. The third-order valence-corrected chi connectivity index (χ3v) is 7.12. The Morgan fingerprint density at radius 2 is 2.03 bits per heavy atom. The number of thioether (sulfide) groups is 1. The van der Waals surface area contributed by atoms with Crippen LogP contribution < -0.4 is 10.0 Å². The van der Waals surface area contributed by atoms with E-state index in [-0.39, 0.29) is 16.6 Å². The first-order valence-electron chi connectivity index (χ1n) is 10.1. The highest BCUT2D eigenvalue weighted by atomic mass is 32.2. The molecule has 0 saturated carbocycles. The molecule has 0 saturated heterocycles. The highest BCUT2D eigenvalue weighted by Crippen LogP contribution is 2.22. The smallest absolute Gasteiger partial charge is 0.262 e. The van der Waals surface area contributed by atoms with E-state index in [2.05, 4.69) is 20.0 Å². The molecule has 2 N–H and O–H groups in total. The van der Waals surface area contributed by atoms with Gasteiger partial charge in [0.05, 0.1) is 10.6 Å². The molecule has 0 aliphatic carbocycles. The van der Waals surface area contributed by atoms with Crippen LogP contribution in [0, 0.1) is 6.92 Å². The zero-order valence-corrected chi connectivity index (χ0v) is 19.1. The molecule has 2 aromatic carbocycles. The van der Waals surface area contributed by atoms with Crippen LogP contribution in [0.1, 0.15) is 18.4 Å². The summed E-state index contributed by atoms with van der Waals surface area (Å²) in [5.41, 5.74) is 2.52. The largest absolute Gasteiger partial charge is 0.325 e. The standard InChI is InChI=1S/C22H23N5O3S2/c1-16-5-2-7-18(13-16)27-12-11-24-22(27)31-15-21(28)25-17-6-3-8-19(14-17)32(29,30)26-20-9-4-10-23-20/h2-3,5-8,11-14H,4,9-10,15H2,1H3,(H,23,26)(H,25,28). The number of aryl methyl sites for hydroxylation is 1. The maximum Gasteiger partial charge on any atom is 0.262 e. The fourth-order valence-electron chi connectivity index (χ4n) is 3.28. The number of amidine groups is 1. The minimum Gasteiger partial charge on any atom is -0.325 e. The van der Waals surface area contributed by atoms with Crippen molar-refractivity contribution in [1.29, 1.82) is 0 Å². The van der Waals surface area contributed by atoms with Crippen LogP contribution in [0.2, 0.25) is 0 Å². The molecule has 32 heavy (non-hydrogen) atoms. The summed E-state index contributed by atoms with van der Waals surface area (Å²) in [5, 5.41) is 3.46. The molecular weight excluding hydrogens is 446 g/mol. The van der Waals surface area contributed by atoms with Gasteiger partial charge in [0.15, 0.2) is 5.16 Å². The summed E-state index contributed by atoms with van der Waals surface area (Å²) < 4.78 is 29.6. The summed E-state index contributed by atoms with van der Waals surface area (Å²) in [7, 11) is -3.74. The van der Waals surface area contributed by atoms with Crippen molar-refractivity contribution in [1.82, 2.24) is 14.3 Å². The summed E-state index contributed by atoms with van der Waals surface area (Å²) >= 11 is 1.31. The molecule has 1 amide bonds. The van der Waals surface area contributed by atoms with Gasteiger partial charge >= 0.3 is 0 Å². The van der Waals surface area contributed by atoms with Crippen LogP contribution in [0.4, 0.5) is 5.69 Å². The van der Waals surface area contributed by atoms with E-state index in [1.54, 1.807) is 18.3 Å². The van der Waals surface area contributed by atoms with Crippen LogP contribution in [-0.4, -0.2) is 42.0 Å². The number of nitrogens with zero attached hydrogens (tertiary/aromatic N) is 3. The highest BCUT2D eigenvalue weighted by molar-refractivity contribution is 7.99. The van der Waals surface area contributed by atoms with E-state index < -0.39 is 10.0 Å². The molecule has 10 heteroatoms. The molecule has 1 aliphatic rings. The molecule has 166 valence electrons. The number of carbonyl (C=O) groups excluding carboxylic acids is 1. The van der Waals surface area contributed by atoms with Gasteiger partial charge < -0.3 is 5.32 Å². The summed E-state index contributed by atoms with van der Waals surface area (Å²) in [6.45, 7) is 2.65. The molecule has 0 atom stereocenters. The Morgan fingerprint density at radius 1 is 1.19 bits per heavy atom. The Kier molecular flexibility index (Phi) is 6.61. The van der Waals surface area contributed by atoms with Gasteiger partial charge in [-0.1, -0.05) is 30.0 Å². The summed E-state index contributed by atoms with van der Waals surface area (Å²) in [6.07, 6.45) is 5.00. The maximum absolute atomic E-state index is 12.6. The molecule has 1 aliphatic heterocycles. The van der Waals surface area contributed by atoms with Gasteiger partial charge in [0.2, 0.25) is 5.91 Å². The van der Waals surface area contributed by atoms with E-state index in [1.165, 1.54) is 23.9 Å². The molecule has 0 unspecified atom stereocenters. The Labute approximate surface area is 191 Å². The van der Waals surface area contributed by atoms with Crippen LogP contribution >= 0.6 is 11.8 Å². The Balaban J connectivity index is 1.39. The second-order valence-electron chi connectivity index (χ2n) is 7.32. The molecule has 0 radical (unpaired) electrons. The Bertz CT molecular complexity index is 1270. The van der Waals surface area contributed by atoms with Gasteiger partial charge in [0.1, 0.15) is 5.84 Å². The Hall–Kier alpha value is -3.11. The van der Waals surface area contributed by atoms with Gasteiger partial charge in [0, 0.05) is 36.7 Å². The summed E-state index contributed by atoms with van der Waals surface area (Å²) in [6, 6.07) is 14.2. The van der Waals surface area contributed by atoms with Crippen molar-refractivity contribution < 1.29 is 13.2 Å². The van der Waals surface area contributed by atoms with Crippen molar-refractivity contribution in [3.63, 3.8) is 0 Å².